The lowest BCUT2D eigenvalue weighted by atomic mass is 10.0. The Balaban J connectivity index is 1.92. The summed E-state index contributed by atoms with van der Waals surface area (Å²) in [6.45, 7) is 16.2. The second kappa shape index (κ2) is 10.9. The van der Waals surface area contributed by atoms with Gasteiger partial charge in [-0.15, -0.1) is 11.3 Å². The van der Waals surface area contributed by atoms with E-state index in [0.717, 1.165) is 58.2 Å². The second-order valence-corrected chi connectivity index (χ2v) is 8.70. The highest BCUT2D eigenvalue weighted by molar-refractivity contribution is 7.11. The Morgan fingerprint density at radius 1 is 1.12 bits per heavy atom. The standard InChI is InChI=1S/C20H37N5S/c1-6-17-8-9-18(26-17)14-22-20(21-7-2)23-15-19(16(3)4)25-12-10-24(5)11-13-25/h8-9,16,19H,6-7,10-15H2,1-5H3,(H2,21,22,23). The largest absolute Gasteiger partial charge is 0.357 e. The molecule has 26 heavy (non-hydrogen) atoms. The van der Waals surface area contributed by atoms with Gasteiger partial charge in [0, 0.05) is 55.1 Å². The Labute approximate surface area is 163 Å². The van der Waals surface area contributed by atoms with Crippen LogP contribution in [0.2, 0.25) is 0 Å². The lowest BCUT2D eigenvalue weighted by molar-refractivity contribution is 0.0900. The van der Waals surface area contributed by atoms with Gasteiger partial charge in [0.05, 0.1) is 6.54 Å². The highest BCUT2D eigenvalue weighted by Crippen LogP contribution is 2.17. The average molecular weight is 380 g/mol. The molecule has 0 bridgehead atoms. The molecule has 5 nitrogen and oxygen atoms in total. The molecule has 1 atom stereocenters. The summed E-state index contributed by atoms with van der Waals surface area (Å²) >= 11 is 1.87. The van der Waals surface area contributed by atoms with Crippen LogP contribution in [0.15, 0.2) is 17.1 Å². The van der Waals surface area contributed by atoms with Gasteiger partial charge in [-0.25, -0.2) is 4.99 Å². The molecular formula is C20H37N5S. The van der Waals surface area contributed by atoms with Gasteiger partial charge in [0.1, 0.15) is 0 Å². The van der Waals surface area contributed by atoms with Gasteiger partial charge >= 0.3 is 0 Å². The van der Waals surface area contributed by atoms with Crippen molar-refractivity contribution in [3.63, 3.8) is 0 Å². The van der Waals surface area contributed by atoms with E-state index in [1.807, 2.05) is 11.3 Å². The van der Waals surface area contributed by atoms with Crippen molar-refractivity contribution in [1.82, 2.24) is 20.4 Å². The molecular weight excluding hydrogens is 342 g/mol. The molecule has 2 heterocycles. The van der Waals surface area contributed by atoms with Crippen LogP contribution in [0.25, 0.3) is 0 Å². The lowest BCUT2D eigenvalue weighted by Gasteiger charge is -2.40. The van der Waals surface area contributed by atoms with Crippen molar-refractivity contribution in [3.8, 4) is 0 Å². The van der Waals surface area contributed by atoms with Gasteiger partial charge in [0.25, 0.3) is 0 Å². The molecule has 6 heteroatoms. The van der Waals surface area contributed by atoms with Crippen molar-refractivity contribution < 1.29 is 0 Å². The van der Waals surface area contributed by atoms with E-state index in [2.05, 4.69) is 67.3 Å². The molecule has 1 aromatic heterocycles. The van der Waals surface area contributed by atoms with E-state index in [-0.39, 0.29) is 0 Å². The Bertz CT molecular complexity index is 546. The molecule has 1 aliphatic rings. The first-order valence-corrected chi connectivity index (χ1v) is 10.9. The summed E-state index contributed by atoms with van der Waals surface area (Å²) in [4.78, 5) is 12.6. The van der Waals surface area contributed by atoms with Crippen LogP contribution in [-0.2, 0) is 13.0 Å². The third-order valence-corrected chi connectivity index (χ3v) is 6.27. The van der Waals surface area contributed by atoms with Gasteiger partial charge in [-0.3, -0.25) is 4.90 Å². The first-order chi connectivity index (χ1) is 12.5. The first kappa shape index (κ1) is 21.2. The van der Waals surface area contributed by atoms with E-state index in [0.29, 0.717) is 12.0 Å². The predicted octanol–water partition coefficient (Wildman–Crippen LogP) is 2.64. The highest BCUT2D eigenvalue weighted by Gasteiger charge is 2.25. The predicted molar refractivity (Wildman–Crippen MR) is 114 cm³/mol. The fourth-order valence-corrected chi connectivity index (χ4v) is 4.22. The van der Waals surface area contributed by atoms with Crippen LogP contribution < -0.4 is 10.6 Å². The number of nitrogens with zero attached hydrogens (tertiary/aromatic N) is 3. The van der Waals surface area contributed by atoms with Crippen molar-refractivity contribution in [3.05, 3.63) is 21.9 Å². The molecule has 0 radical (unpaired) electrons. The zero-order chi connectivity index (χ0) is 18.9. The van der Waals surface area contributed by atoms with Crippen molar-refractivity contribution >= 4 is 17.3 Å². The molecule has 148 valence electrons. The van der Waals surface area contributed by atoms with Crippen LogP contribution in [0.4, 0.5) is 0 Å². The highest BCUT2D eigenvalue weighted by atomic mass is 32.1. The Hall–Kier alpha value is -1.11. The van der Waals surface area contributed by atoms with Gasteiger partial charge in [-0.2, -0.15) is 0 Å². The molecule has 1 fully saturated rings. The van der Waals surface area contributed by atoms with E-state index in [4.69, 9.17) is 4.99 Å². The zero-order valence-electron chi connectivity index (χ0n) is 17.2. The smallest absolute Gasteiger partial charge is 0.191 e. The number of hydrogen-bond acceptors (Lipinski definition) is 4. The fraction of sp³-hybridized carbons (Fsp3) is 0.750. The van der Waals surface area contributed by atoms with Gasteiger partial charge in [0.2, 0.25) is 0 Å². The number of thiophene rings is 1. The maximum Gasteiger partial charge on any atom is 0.191 e. The van der Waals surface area contributed by atoms with Crippen molar-refractivity contribution in [2.75, 3.05) is 46.3 Å². The van der Waals surface area contributed by atoms with Crippen LogP contribution in [0.5, 0.6) is 0 Å². The normalized spacial score (nSPS) is 18.3. The first-order valence-electron chi connectivity index (χ1n) is 10.1. The topological polar surface area (TPSA) is 42.9 Å². The number of hydrogen-bond donors (Lipinski definition) is 2. The number of rotatable bonds is 8. The molecule has 0 saturated carbocycles. The molecule has 1 saturated heterocycles. The maximum absolute atomic E-state index is 4.80. The Kier molecular flexibility index (Phi) is 8.88. The fourth-order valence-electron chi connectivity index (χ4n) is 3.34. The molecule has 0 aliphatic carbocycles. The third kappa shape index (κ3) is 6.56. The third-order valence-electron chi connectivity index (χ3n) is 5.06. The van der Waals surface area contributed by atoms with Gasteiger partial charge < -0.3 is 15.5 Å². The second-order valence-electron chi connectivity index (χ2n) is 7.45. The van der Waals surface area contributed by atoms with Gasteiger partial charge in [-0.1, -0.05) is 20.8 Å². The van der Waals surface area contributed by atoms with E-state index < -0.39 is 0 Å². The van der Waals surface area contributed by atoms with Crippen molar-refractivity contribution in [2.45, 2.75) is 46.7 Å². The van der Waals surface area contributed by atoms with Crippen LogP contribution in [0.3, 0.4) is 0 Å². The summed E-state index contributed by atoms with van der Waals surface area (Å²) in [6, 6.07) is 4.97. The average Bonchev–Trinajstić information content (AvgIpc) is 3.09. The van der Waals surface area contributed by atoms with Gasteiger partial charge in [-0.05, 0) is 38.4 Å². The monoisotopic (exact) mass is 379 g/mol. The molecule has 0 aromatic carbocycles. The molecule has 0 spiro atoms. The van der Waals surface area contributed by atoms with Crippen LogP contribution in [0.1, 0.15) is 37.4 Å². The Morgan fingerprint density at radius 2 is 1.81 bits per heavy atom. The molecule has 1 aliphatic heterocycles. The van der Waals surface area contributed by atoms with Crippen LogP contribution >= 0.6 is 11.3 Å². The maximum atomic E-state index is 4.80. The minimum absolute atomic E-state index is 0.543. The summed E-state index contributed by atoms with van der Waals surface area (Å²) in [5, 5.41) is 6.98. The molecule has 1 unspecified atom stereocenters. The summed E-state index contributed by atoms with van der Waals surface area (Å²) in [5.41, 5.74) is 0. The minimum atomic E-state index is 0.543. The lowest BCUT2D eigenvalue weighted by Crippen LogP contribution is -2.55. The zero-order valence-corrected chi connectivity index (χ0v) is 18.0. The molecule has 2 rings (SSSR count). The molecule has 2 N–H and O–H groups in total. The van der Waals surface area contributed by atoms with Crippen LogP contribution in [0, 0.1) is 5.92 Å². The van der Waals surface area contributed by atoms with E-state index in [1.54, 1.807) is 0 Å². The Morgan fingerprint density at radius 3 is 2.38 bits per heavy atom. The minimum Gasteiger partial charge on any atom is -0.357 e. The van der Waals surface area contributed by atoms with E-state index in [9.17, 15) is 0 Å². The van der Waals surface area contributed by atoms with Crippen molar-refractivity contribution in [2.24, 2.45) is 10.9 Å². The van der Waals surface area contributed by atoms with Gasteiger partial charge in [0.15, 0.2) is 5.96 Å². The summed E-state index contributed by atoms with van der Waals surface area (Å²) < 4.78 is 0. The number of piperazine rings is 1. The summed E-state index contributed by atoms with van der Waals surface area (Å²) in [6.07, 6.45) is 1.10. The number of likely N-dealkylation sites (N-methyl/N-ethyl adjacent to an activating group) is 1. The summed E-state index contributed by atoms with van der Waals surface area (Å²) in [5.74, 6) is 1.55. The molecule has 0 amide bonds. The van der Waals surface area contributed by atoms with Crippen molar-refractivity contribution in [1.29, 1.82) is 0 Å². The number of aliphatic imine (C=N–C) groups is 1. The SMILES string of the molecule is CCNC(=NCc1ccc(CC)s1)NCC(C(C)C)N1CCN(C)CC1. The summed E-state index contributed by atoms with van der Waals surface area (Å²) in [7, 11) is 2.21. The number of nitrogens with one attached hydrogen (secondary N) is 2. The quantitative estimate of drug-likeness (QED) is 0.538. The van der Waals surface area contributed by atoms with Crippen LogP contribution in [-0.4, -0.2) is 68.1 Å². The number of aryl methyl sites for hydroxylation is 1. The number of guanidine groups is 1. The molecule has 1 aromatic rings. The van der Waals surface area contributed by atoms with E-state index in [1.165, 1.54) is 9.75 Å². The van der Waals surface area contributed by atoms with E-state index >= 15 is 0 Å².